The maximum absolute atomic E-state index is 13.2. The quantitative estimate of drug-likeness (QED) is 0.868. The Kier molecular flexibility index (Phi) is 6.12. The Bertz CT molecular complexity index is 489. The van der Waals surface area contributed by atoms with E-state index in [-0.39, 0.29) is 5.54 Å². The molecule has 1 aliphatic heterocycles. The van der Waals surface area contributed by atoms with Crippen molar-refractivity contribution in [2.24, 2.45) is 0 Å². The third-order valence-electron chi connectivity index (χ3n) is 4.86. The molecule has 1 saturated heterocycles. The predicted octanol–water partition coefficient (Wildman–Crippen LogP) is 2.86. The topological polar surface area (TPSA) is 18.5 Å². The van der Waals surface area contributed by atoms with Crippen LogP contribution in [0.25, 0.3) is 0 Å². The molecule has 130 valence electrons. The van der Waals surface area contributed by atoms with Gasteiger partial charge in [0.2, 0.25) is 0 Å². The first-order chi connectivity index (χ1) is 10.8. The van der Waals surface area contributed by atoms with E-state index >= 15 is 0 Å². The lowest BCUT2D eigenvalue weighted by molar-refractivity contribution is 0.0616. The molecule has 1 fully saturated rings. The minimum Gasteiger partial charge on any atom is -0.311 e. The van der Waals surface area contributed by atoms with Crippen LogP contribution in [0, 0.1) is 11.6 Å². The first-order valence-electron chi connectivity index (χ1n) is 8.35. The summed E-state index contributed by atoms with van der Waals surface area (Å²) < 4.78 is 26.4. The Hall–Kier alpha value is -1.04. The summed E-state index contributed by atoms with van der Waals surface area (Å²) >= 11 is 0. The number of rotatable bonds is 6. The minimum atomic E-state index is -0.521. The summed E-state index contributed by atoms with van der Waals surface area (Å²) in [5.41, 5.74) is 0.674. The standard InChI is InChI=1S/C18H29F2N3/c1-18(2,23-7-5-17(6-8-23)22(3)4)13-21-12-14-9-15(19)11-16(20)10-14/h9-11,17,21H,5-8,12-13H2,1-4H3. The summed E-state index contributed by atoms with van der Waals surface area (Å²) in [6, 6.07) is 4.34. The first-order valence-corrected chi connectivity index (χ1v) is 8.35. The predicted molar refractivity (Wildman–Crippen MR) is 90.4 cm³/mol. The van der Waals surface area contributed by atoms with Gasteiger partial charge in [0.25, 0.3) is 0 Å². The lowest BCUT2D eigenvalue weighted by Gasteiger charge is -2.44. The van der Waals surface area contributed by atoms with Crippen LogP contribution in [-0.2, 0) is 6.54 Å². The van der Waals surface area contributed by atoms with E-state index in [1.54, 1.807) is 0 Å². The third-order valence-corrected chi connectivity index (χ3v) is 4.86. The number of hydrogen-bond donors (Lipinski definition) is 1. The summed E-state index contributed by atoms with van der Waals surface area (Å²) in [6.07, 6.45) is 2.37. The van der Waals surface area contributed by atoms with Crippen molar-refractivity contribution in [2.75, 3.05) is 33.7 Å². The molecule has 0 aliphatic carbocycles. The SMILES string of the molecule is CN(C)C1CCN(C(C)(C)CNCc2cc(F)cc(F)c2)CC1. The van der Waals surface area contributed by atoms with E-state index in [4.69, 9.17) is 0 Å². The van der Waals surface area contributed by atoms with Crippen LogP contribution in [0.5, 0.6) is 0 Å². The number of piperidine rings is 1. The van der Waals surface area contributed by atoms with E-state index in [1.807, 2.05) is 0 Å². The van der Waals surface area contributed by atoms with Crippen LogP contribution >= 0.6 is 0 Å². The van der Waals surface area contributed by atoms with Crippen molar-refractivity contribution >= 4 is 0 Å². The number of nitrogens with one attached hydrogen (secondary N) is 1. The fourth-order valence-corrected chi connectivity index (χ4v) is 3.33. The lowest BCUT2D eigenvalue weighted by Crippen LogP contribution is -2.55. The Labute approximate surface area is 138 Å². The first kappa shape index (κ1) is 18.3. The largest absolute Gasteiger partial charge is 0.311 e. The second-order valence-corrected chi connectivity index (χ2v) is 7.38. The minimum absolute atomic E-state index is 0.0309. The van der Waals surface area contributed by atoms with E-state index in [9.17, 15) is 8.78 Å². The molecule has 1 aliphatic rings. The van der Waals surface area contributed by atoms with Gasteiger partial charge >= 0.3 is 0 Å². The zero-order valence-electron chi connectivity index (χ0n) is 14.7. The van der Waals surface area contributed by atoms with E-state index in [0.717, 1.165) is 25.7 Å². The van der Waals surface area contributed by atoms with Crippen molar-refractivity contribution in [1.82, 2.24) is 15.1 Å². The van der Waals surface area contributed by atoms with Gasteiger partial charge in [0.1, 0.15) is 11.6 Å². The van der Waals surface area contributed by atoms with Gasteiger partial charge in [-0.3, -0.25) is 4.90 Å². The maximum atomic E-state index is 13.2. The molecule has 0 radical (unpaired) electrons. The smallest absolute Gasteiger partial charge is 0.126 e. The summed E-state index contributed by atoms with van der Waals surface area (Å²) in [4.78, 5) is 4.81. The zero-order valence-corrected chi connectivity index (χ0v) is 14.7. The molecule has 1 heterocycles. The van der Waals surface area contributed by atoms with Crippen LogP contribution in [-0.4, -0.2) is 55.1 Å². The molecular weight excluding hydrogens is 296 g/mol. The summed E-state index contributed by atoms with van der Waals surface area (Å²) in [7, 11) is 4.29. The summed E-state index contributed by atoms with van der Waals surface area (Å²) in [5.74, 6) is -1.04. The van der Waals surface area contributed by atoms with Gasteiger partial charge in [0.15, 0.2) is 0 Å². The average Bonchev–Trinajstić information content (AvgIpc) is 2.46. The van der Waals surface area contributed by atoms with Crippen LogP contribution in [0.1, 0.15) is 32.3 Å². The highest BCUT2D eigenvalue weighted by molar-refractivity contribution is 5.17. The van der Waals surface area contributed by atoms with Crippen LogP contribution in [0.3, 0.4) is 0 Å². The Morgan fingerprint density at radius 3 is 2.22 bits per heavy atom. The van der Waals surface area contributed by atoms with Gasteiger partial charge in [-0.1, -0.05) is 0 Å². The summed E-state index contributed by atoms with van der Waals surface area (Å²) in [6.45, 7) is 7.90. The molecule has 3 nitrogen and oxygen atoms in total. The van der Waals surface area contributed by atoms with Gasteiger partial charge in [0.05, 0.1) is 0 Å². The highest BCUT2D eigenvalue weighted by Crippen LogP contribution is 2.22. The fraction of sp³-hybridized carbons (Fsp3) is 0.667. The molecule has 1 aromatic carbocycles. The lowest BCUT2D eigenvalue weighted by atomic mass is 9.95. The number of benzene rings is 1. The van der Waals surface area contributed by atoms with E-state index in [0.29, 0.717) is 18.2 Å². The van der Waals surface area contributed by atoms with E-state index in [1.165, 1.54) is 25.0 Å². The van der Waals surface area contributed by atoms with Crippen molar-refractivity contribution in [2.45, 2.75) is 44.8 Å². The zero-order chi connectivity index (χ0) is 17.0. The Balaban J connectivity index is 1.82. The van der Waals surface area contributed by atoms with Gasteiger partial charge in [-0.2, -0.15) is 0 Å². The van der Waals surface area contributed by atoms with Gasteiger partial charge in [-0.25, -0.2) is 8.78 Å². The fourth-order valence-electron chi connectivity index (χ4n) is 3.33. The second-order valence-electron chi connectivity index (χ2n) is 7.38. The number of nitrogens with zero attached hydrogens (tertiary/aromatic N) is 2. The molecule has 0 atom stereocenters. The number of halogens is 2. The van der Waals surface area contributed by atoms with E-state index in [2.05, 4.69) is 43.1 Å². The number of hydrogen-bond acceptors (Lipinski definition) is 3. The van der Waals surface area contributed by atoms with Crippen molar-refractivity contribution < 1.29 is 8.78 Å². The highest BCUT2D eigenvalue weighted by Gasteiger charge is 2.30. The van der Waals surface area contributed by atoms with Gasteiger partial charge in [-0.15, -0.1) is 0 Å². The molecule has 0 unspecified atom stereocenters. The van der Waals surface area contributed by atoms with Crippen molar-refractivity contribution in [1.29, 1.82) is 0 Å². The van der Waals surface area contributed by atoms with Crippen molar-refractivity contribution in [3.8, 4) is 0 Å². The second kappa shape index (κ2) is 7.69. The Morgan fingerprint density at radius 1 is 1.13 bits per heavy atom. The van der Waals surface area contributed by atoms with Crippen LogP contribution in [0.15, 0.2) is 18.2 Å². The molecule has 23 heavy (non-hydrogen) atoms. The van der Waals surface area contributed by atoms with Crippen molar-refractivity contribution in [3.63, 3.8) is 0 Å². The molecule has 0 saturated carbocycles. The van der Waals surface area contributed by atoms with Crippen molar-refractivity contribution in [3.05, 3.63) is 35.4 Å². The normalized spacial score (nSPS) is 17.9. The number of likely N-dealkylation sites (tertiary alicyclic amines) is 1. The van der Waals surface area contributed by atoms with Gasteiger partial charge in [0, 0.05) is 43.8 Å². The van der Waals surface area contributed by atoms with Crippen LogP contribution in [0.2, 0.25) is 0 Å². The molecule has 0 spiro atoms. The molecule has 2 rings (SSSR count). The molecule has 1 N–H and O–H groups in total. The van der Waals surface area contributed by atoms with E-state index < -0.39 is 11.6 Å². The maximum Gasteiger partial charge on any atom is 0.126 e. The molecular formula is C18H29F2N3. The molecule has 0 amide bonds. The monoisotopic (exact) mass is 325 g/mol. The van der Waals surface area contributed by atoms with Crippen LogP contribution < -0.4 is 5.32 Å². The van der Waals surface area contributed by atoms with Gasteiger partial charge in [-0.05, 0) is 58.5 Å². The highest BCUT2D eigenvalue weighted by atomic mass is 19.1. The summed E-state index contributed by atoms with van der Waals surface area (Å²) in [5, 5.41) is 3.34. The van der Waals surface area contributed by atoms with Crippen LogP contribution in [0.4, 0.5) is 8.78 Å². The molecule has 0 bridgehead atoms. The molecule has 5 heteroatoms. The Morgan fingerprint density at radius 2 is 1.70 bits per heavy atom. The molecule has 0 aromatic heterocycles. The third kappa shape index (κ3) is 5.23. The molecule has 1 aromatic rings. The average molecular weight is 325 g/mol. The van der Waals surface area contributed by atoms with Gasteiger partial charge < -0.3 is 10.2 Å².